The minimum atomic E-state index is -0.787. The number of ether oxygens (including phenoxy) is 1. The van der Waals surface area contributed by atoms with Crippen molar-refractivity contribution in [3.63, 3.8) is 0 Å². The van der Waals surface area contributed by atoms with E-state index in [9.17, 15) is 14.4 Å². The molecule has 8 heteroatoms. The lowest BCUT2D eigenvalue weighted by Gasteiger charge is -2.28. The molecule has 3 aromatic carbocycles. The molecule has 0 atom stereocenters. The first-order valence-electron chi connectivity index (χ1n) is 10.4. The van der Waals surface area contributed by atoms with Gasteiger partial charge >= 0.3 is 6.03 Å². The van der Waals surface area contributed by atoms with Crippen LogP contribution in [0.3, 0.4) is 0 Å². The van der Waals surface area contributed by atoms with Gasteiger partial charge in [-0.3, -0.25) is 14.9 Å². The molecular formula is C26H20Cl2N2O4. The molecule has 1 saturated heterocycles. The van der Waals surface area contributed by atoms with E-state index in [2.05, 4.69) is 5.32 Å². The second-order valence-corrected chi connectivity index (χ2v) is 8.64. The number of benzene rings is 3. The molecule has 1 N–H and O–H groups in total. The van der Waals surface area contributed by atoms with E-state index in [-0.39, 0.29) is 12.2 Å². The van der Waals surface area contributed by atoms with Gasteiger partial charge in [-0.25, -0.2) is 9.69 Å². The predicted molar refractivity (Wildman–Crippen MR) is 132 cm³/mol. The van der Waals surface area contributed by atoms with Gasteiger partial charge in [-0.1, -0.05) is 59.6 Å². The number of urea groups is 1. The largest absolute Gasteiger partial charge is 0.488 e. The number of para-hydroxylation sites is 1. The average molecular weight is 495 g/mol. The number of nitrogens with one attached hydrogen (secondary N) is 1. The Hall–Kier alpha value is -3.61. The molecule has 6 nitrogen and oxygen atoms in total. The van der Waals surface area contributed by atoms with Crippen LogP contribution in [0.2, 0.25) is 10.0 Å². The summed E-state index contributed by atoms with van der Waals surface area (Å²) in [4.78, 5) is 39.4. The van der Waals surface area contributed by atoms with E-state index in [1.165, 1.54) is 6.08 Å². The second kappa shape index (κ2) is 9.71. The second-order valence-electron chi connectivity index (χ2n) is 7.82. The normalized spacial score (nSPS) is 15.0. The Morgan fingerprint density at radius 1 is 0.941 bits per heavy atom. The smallest absolute Gasteiger partial charge is 0.335 e. The summed E-state index contributed by atoms with van der Waals surface area (Å²) < 4.78 is 5.93. The lowest BCUT2D eigenvalue weighted by Crippen LogP contribution is -2.54. The molecule has 172 valence electrons. The fraction of sp³-hybridized carbons (Fsp3) is 0.115. The summed E-state index contributed by atoms with van der Waals surface area (Å²) in [7, 11) is 0. The molecule has 4 amide bonds. The first kappa shape index (κ1) is 23.5. The summed E-state index contributed by atoms with van der Waals surface area (Å²) in [6, 6.07) is 16.8. The molecule has 1 heterocycles. The Morgan fingerprint density at radius 2 is 1.71 bits per heavy atom. The van der Waals surface area contributed by atoms with Crippen molar-refractivity contribution in [3.05, 3.63) is 98.5 Å². The molecule has 1 aliphatic heterocycles. The number of aryl methyl sites for hydroxylation is 2. The standard InChI is InChI=1S/C26H20Cl2N2O4/c1-15-7-8-16(2)22(11-15)30-25(32)19(24(31)29-26(30)33)13-18-5-3-4-6-23(18)34-14-17-9-10-20(27)21(28)12-17/h3-13H,14H2,1-2H3,(H,29,31,33)/b19-13+. The number of carbonyl (C=O) groups is 3. The van der Waals surface area contributed by atoms with E-state index in [4.69, 9.17) is 27.9 Å². The lowest BCUT2D eigenvalue weighted by atomic mass is 10.0. The summed E-state index contributed by atoms with van der Waals surface area (Å²) in [6.07, 6.45) is 1.42. The van der Waals surface area contributed by atoms with Gasteiger partial charge in [-0.05, 0) is 60.9 Å². The third-order valence-electron chi connectivity index (χ3n) is 5.30. The summed E-state index contributed by atoms with van der Waals surface area (Å²) in [5, 5.41) is 3.12. The van der Waals surface area contributed by atoms with Crippen molar-refractivity contribution in [2.75, 3.05) is 4.90 Å². The highest BCUT2D eigenvalue weighted by atomic mass is 35.5. The van der Waals surface area contributed by atoms with Gasteiger partial charge in [0.1, 0.15) is 17.9 Å². The average Bonchev–Trinajstić information content (AvgIpc) is 2.80. The Bertz CT molecular complexity index is 1350. The van der Waals surface area contributed by atoms with Gasteiger partial charge < -0.3 is 4.74 Å². The van der Waals surface area contributed by atoms with E-state index in [1.54, 1.807) is 55.5 Å². The van der Waals surface area contributed by atoms with Crippen molar-refractivity contribution in [1.82, 2.24) is 5.32 Å². The van der Waals surface area contributed by atoms with Gasteiger partial charge in [0.15, 0.2) is 0 Å². The molecule has 0 radical (unpaired) electrons. The Labute approximate surface area is 206 Å². The number of halogens is 2. The van der Waals surface area contributed by atoms with Gasteiger partial charge in [-0.2, -0.15) is 0 Å². The number of anilines is 1. The maximum atomic E-state index is 13.3. The number of hydrogen-bond donors (Lipinski definition) is 1. The number of hydrogen-bond acceptors (Lipinski definition) is 4. The zero-order chi connectivity index (χ0) is 24.4. The highest BCUT2D eigenvalue weighted by molar-refractivity contribution is 6.42. The minimum Gasteiger partial charge on any atom is -0.488 e. The fourth-order valence-corrected chi connectivity index (χ4v) is 3.83. The van der Waals surface area contributed by atoms with Crippen molar-refractivity contribution in [2.24, 2.45) is 0 Å². The third-order valence-corrected chi connectivity index (χ3v) is 6.04. The summed E-state index contributed by atoms with van der Waals surface area (Å²) in [5.74, 6) is -1.02. The van der Waals surface area contributed by atoms with Gasteiger partial charge in [0.25, 0.3) is 11.8 Å². The monoisotopic (exact) mass is 494 g/mol. The lowest BCUT2D eigenvalue weighted by molar-refractivity contribution is -0.122. The Morgan fingerprint density at radius 3 is 2.47 bits per heavy atom. The predicted octanol–water partition coefficient (Wildman–Crippen LogP) is 5.86. The van der Waals surface area contributed by atoms with Crippen molar-refractivity contribution < 1.29 is 19.1 Å². The van der Waals surface area contributed by atoms with Crippen LogP contribution < -0.4 is 15.0 Å². The number of rotatable bonds is 5. The maximum absolute atomic E-state index is 13.3. The topological polar surface area (TPSA) is 75.7 Å². The van der Waals surface area contributed by atoms with Crippen LogP contribution >= 0.6 is 23.2 Å². The van der Waals surface area contributed by atoms with E-state index in [0.717, 1.165) is 21.6 Å². The van der Waals surface area contributed by atoms with Crippen LogP contribution in [0.1, 0.15) is 22.3 Å². The Balaban J connectivity index is 1.65. The van der Waals surface area contributed by atoms with Crippen LogP contribution in [0.15, 0.2) is 66.2 Å². The molecule has 0 aliphatic carbocycles. The fourth-order valence-electron chi connectivity index (χ4n) is 3.51. The molecule has 0 saturated carbocycles. The third kappa shape index (κ3) is 4.83. The highest BCUT2D eigenvalue weighted by Gasteiger charge is 2.37. The number of imide groups is 2. The molecule has 1 aliphatic rings. The van der Waals surface area contributed by atoms with Gasteiger partial charge in [0.2, 0.25) is 0 Å². The summed E-state index contributed by atoms with van der Waals surface area (Å²) in [5.41, 5.74) is 3.17. The van der Waals surface area contributed by atoms with E-state index in [0.29, 0.717) is 27.0 Å². The molecule has 1 fully saturated rings. The van der Waals surface area contributed by atoms with Crippen molar-refractivity contribution >= 4 is 52.8 Å². The summed E-state index contributed by atoms with van der Waals surface area (Å²) in [6.45, 7) is 3.85. The van der Waals surface area contributed by atoms with E-state index in [1.807, 2.05) is 19.1 Å². The van der Waals surface area contributed by atoms with Crippen LogP contribution in [-0.2, 0) is 16.2 Å². The van der Waals surface area contributed by atoms with Crippen LogP contribution in [0.25, 0.3) is 6.08 Å². The highest BCUT2D eigenvalue weighted by Crippen LogP contribution is 2.29. The Kier molecular flexibility index (Phi) is 6.72. The van der Waals surface area contributed by atoms with Crippen molar-refractivity contribution in [3.8, 4) is 5.75 Å². The zero-order valence-corrected chi connectivity index (χ0v) is 19.9. The quantitative estimate of drug-likeness (QED) is 0.356. The molecule has 3 aromatic rings. The molecule has 4 rings (SSSR count). The SMILES string of the molecule is Cc1ccc(C)c(N2C(=O)NC(=O)/C(=C\c3ccccc3OCc3ccc(Cl)c(Cl)c3)C2=O)c1. The molecular weight excluding hydrogens is 475 g/mol. The van der Waals surface area contributed by atoms with Gasteiger partial charge in [0.05, 0.1) is 15.7 Å². The van der Waals surface area contributed by atoms with Crippen molar-refractivity contribution in [2.45, 2.75) is 20.5 Å². The first-order chi connectivity index (χ1) is 16.2. The van der Waals surface area contributed by atoms with Crippen LogP contribution in [0, 0.1) is 13.8 Å². The van der Waals surface area contributed by atoms with E-state index < -0.39 is 17.8 Å². The van der Waals surface area contributed by atoms with Gasteiger partial charge in [0, 0.05) is 5.56 Å². The van der Waals surface area contributed by atoms with Crippen LogP contribution in [0.5, 0.6) is 5.75 Å². The minimum absolute atomic E-state index is 0.175. The number of amides is 4. The van der Waals surface area contributed by atoms with Crippen LogP contribution in [0.4, 0.5) is 10.5 Å². The number of nitrogens with zero attached hydrogens (tertiary/aromatic N) is 1. The molecule has 0 spiro atoms. The zero-order valence-electron chi connectivity index (χ0n) is 18.4. The van der Waals surface area contributed by atoms with Crippen molar-refractivity contribution in [1.29, 1.82) is 0 Å². The molecule has 34 heavy (non-hydrogen) atoms. The maximum Gasteiger partial charge on any atom is 0.335 e. The molecule has 0 bridgehead atoms. The van der Waals surface area contributed by atoms with E-state index >= 15 is 0 Å². The molecule has 0 aromatic heterocycles. The van der Waals surface area contributed by atoms with Gasteiger partial charge in [-0.15, -0.1) is 0 Å². The number of carbonyl (C=O) groups excluding carboxylic acids is 3. The van der Waals surface area contributed by atoms with Crippen LogP contribution in [-0.4, -0.2) is 17.8 Å². The first-order valence-corrected chi connectivity index (χ1v) is 11.1. The molecule has 0 unspecified atom stereocenters. The summed E-state index contributed by atoms with van der Waals surface area (Å²) >= 11 is 12.0. The number of barbiturate groups is 1.